The van der Waals surface area contributed by atoms with Gasteiger partial charge in [-0.05, 0) is 53.3 Å². The number of hydrogen-bond acceptors (Lipinski definition) is 5. The quantitative estimate of drug-likeness (QED) is 0.326. The molecule has 7 heteroatoms. The van der Waals surface area contributed by atoms with Gasteiger partial charge in [0, 0.05) is 17.5 Å². The van der Waals surface area contributed by atoms with Crippen LogP contribution in [0, 0.1) is 18.8 Å². The molecule has 2 bridgehead atoms. The molecule has 0 radical (unpaired) electrons. The van der Waals surface area contributed by atoms with E-state index >= 15 is 0 Å². The number of esters is 1. The Balaban J connectivity index is 1.26. The summed E-state index contributed by atoms with van der Waals surface area (Å²) >= 11 is 0. The van der Waals surface area contributed by atoms with E-state index in [0.29, 0.717) is 18.5 Å². The van der Waals surface area contributed by atoms with Gasteiger partial charge >= 0.3 is 5.97 Å². The lowest BCUT2D eigenvalue weighted by Crippen LogP contribution is -2.47. The van der Waals surface area contributed by atoms with E-state index < -0.39 is 36.4 Å². The number of aryl methyl sites for hydroxylation is 1. The first-order valence-corrected chi connectivity index (χ1v) is 14.0. The van der Waals surface area contributed by atoms with E-state index in [1.165, 1.54) is 4.90 Å². The molecule has 3 atom stereocenters. The van der Waals surface area contributed by atoms with Gasteiger partial charge in [-0.25, -0.2) is 4.79 Å². The van der Waals surface area contributed by atoms with Crippen LogP contribution in [0.2, 0.25) is 0 Å². The number of likely N-dealkylation sites (tertiary alicyclic amines) is 1. The van der Waals surface area contributed by atoms with Gasteiger partial charge in [-0.1, -0.05) is 80.4 Å². The fourth-order valence-electron chi connectivity index (χ4n) is 6.91. The summed E-state index contributed by atoms with van der Waals surface area (Å²) in [5.41, 5.74) is 5.91. The van der Waals surface area contributed by atoms with Crippen LogP contribution in [0.1, 0.15) is 65.8 Å². The lowest BCUT2D eigenvalue weighted by atomic mass is 9.55. The van der Waals surface area contributed by atoms with Crippen molar-refractivity contribution in [3.8, 4) is 0 Å². The standard InChI is InChI=1S/C33H32N2O5/c1-3-4-16-25(33(39)40-18-26(36)34-20-11-9-10-19(2)17-20)35-31(37)29-27-21-12-5-6-13-22(21)28(30(29)32(35)38)24-15-8-7-14-23(24)27/h5-15,17,25,27-30H,3-4,16,18H2,1-2H3,(H,34,36)/t25-,27?,28?,29-,30+/m0/s1. The number of carbonyl (C=O) groups is 4. The van der Waals surface area contributed by atoms with Crippen LogP contribution in [-0.2, 0) is 23.9 Å². The third-order valence-corrected chi connectivity index (χ3v) is 8.54. The Labute approximate surface area is 233 Å². The van der Waals surface area contributed by atoms with Crippen molar-refractivity contribution in [3.05, 3.63) is 101 Å². The molecule has 1 saturated heterocycles. The average molecular weight is 537 g/mol. The Morgan fingerprint density at radius 1 is 0.850 bits per heavy atom. The van der Waals surface area contributed by atoms with Gasteiger partial charge in [0.15, 0.2) is 6.61 Å². The molecule has 1 fully saturated rings. The minimum atomic E-state index is -1.07. The molecular weight excluding hydrogens is 504 g/mol. The van der Waals surface area contributed by atoms with Crippen LogP contribution in [0.4, 0.5) is 5.69 Å². The highest BCUT2D eigenvalue weighted by molar-refractivity contribution is 6.10. The van der Waals surface area contributed by atoms with E-state index in [0.717, 1.165) is 34.2 Å². The molecule has 0 unspecified atom stereocenters. The first kappa shape index (κ1) is 26.0. The Bertz CT molecular complexity index is 1400. The smallest absolute Gasteiger partial charge is 0.329 e. The van der Waals surface area contributed by atoms with Crippen LogP contribution in [0.25, 0.3) is 0 Å². The number of unbranched alkanes of at least 4 members (excludes halogenated alkanes) is 1. The van der Waals surface area contributed by atoms with Crippen LogP contribution in [-0.4, -0.2) is 41.2 Å². The average Bonchev–Trinajstić information content (AvgIpc) is 3.22. The molecule has 0 spiro atoms. The molecule has 3 amide bonds. The second kappa shape index (κ2) is 10.4. The van der Waals surface area contributed by atoms with Gasteiger partial charge in [0.05, 0.1) is 11.8 Å². The fourth-order valence-corrected chi connectivity index (χ4v) is 6.91. The molecule has 7 nitrogen and oxygen atoms in total. The van der Waals surface area contributed by atoms with Gasteiger partial charge < -0.3 is 10.1 Å². The maximum absolute atomic E-state index is 14.1. The lowest BCUT2D eigenvalue weighted by Gasteiger charge is -2.45. The third-order valence-electron chi connectivity index (χ3n) is 8.54. The van der Waals surface area contributed by atoms with Crippen molar-refractivity contribution in [3.63, 3.8) is 0 Å². The number of nitrogens with zero attached hydrogens (tertiary/aromatic N) is 1. The number of amides is 3. The summed E-state index contributed by atoms with van der Waals surface area (Å²) in [6, 6.07) is 22.3. The van der Waals surface area contributed by atoms with Crippen LogP contribution < -0.4 is 5.32 Å². The second-order valence-corrected chi connectivity index (χ2v) is 11.0. The lowest BCUT2D eigenvalue weighted by molar-refractivity contribution is -0.160. The molecule has 1 aliphatic heterocycles. The minimum absolute atomic E-state index is 0.244. The molecular formula is C33H32N2O5. The summed E-state index contributed by atoms with van der Waals surface area (Å²) < 4.78 is 5.42. The molecule has 3 aliphatic carbocycles. The van der Waals surface area contributed by atoms with Crippen molar-refractivity contribution in [1.29, 1.82) is 0 Å². The van der Waals surface area contributed by atoms with Crippen LogP contribution in [0.5, 0.6) is 0 Å². The van der Waals surface area contributed by atoms with E-state index in [9.17, 15) is 19.2 Å². The van der Waals surface area contributed by atoms with Gasteiger partial charge in [0.1, 0.15) is 6.04 Å². The summed E-state index contributed by atoms with van der Waals surface area (Å²) in [6.45, 7) is 3.40. The highest BCUT2D eigenvalue weighted by Crippen LogP contribution is 2.61. The molecule has 7 rings (SSSR count). The van der Waals surface area contributed by atoms with E-state index in [2.05, 4.69) is 29.6 Å². The third kappa shape index (κ3) is 4.21. The number of benzene rings is 3. The van der Waals surface area contributed by atoms with Crippen molar-refractivity contribution in [2.45, 2.75) is 51.0 Å². The van der Waals surface area contributed by atoms with Crippen LogP contribution in [0.15, 0.2) is 72.8 Å². The topological polar surface area (TPSA) is 92.8 Å². The predicted octanol–water partition coefficient (Wildman–Crippen LogP) is 4.93. The number of nitrogens with one attached hydrogen (secondary N) is 1. The first-order chi connectivity index (χ1) is 19.4. The van der Waals surface area contributed by atoms with E-state index in [-0.39, 0.29) is 23.7 Å². The summed E-state index contributed by atoms with van der Waals surface area (Å²) in [4.78, 5) is 55.3. The Morgan fingerprint density at radius 3 is 1.90 bits per heavy atom. The Morgan fingerprint density at radius 2 is 1.40 bits per heavy atom. The van der Waals surface area contributed by atoms with Gasteiger partial charge in [0.2, 0.25) is 11.8 Å². The zero-order valence-electron chi connectivity index (χ0n) is 22.6. The van der Waals surface area contributed by atoms with Crippen LogP contribution >= 0.6 is 0 Å². The van der Waals surface area contributed by atoms with Crippen molar-refractivity contribution in [2.75, 3.05) is 11.9 Å². The van der Waals surface area contributed by atoms with Crippen molar-refractivity contribution in [2.24, 2.45) is 11.8 Å². The number of carbonyl (C=O) groups excluding carboxylic acids is 4. The van der Waals surface area contributed by atoms with Gasteiger partial charge in [-0.3, -0.25) is 19.3 Å². The van der Waals surface area contributed by atoms with Gasteiger partial charge in [-0.2, -0.15) is 0 Å². The molecule has 0 saturated carbocycles. The number of imide groups is 1. The molecule has 3 aromatic rings. The molecule has 3 aromatic carbocycles. The van der Waals surface area contributed by atoms with Crippen LogP contribution in [0.3, 0.4) is 0 Å². The van der Waals surface area contributed by atoms with Crippen molar-refractivity contribution < 1.29 is 23.9 Å². The van der Waals surface area contributed by atoms with Crippen molar-refractivity contribution in [1.82, 2.24) is 4.90 Å². The summed E-state index contributed by atoms with van der Waals surface area (Å²) in [5, 5.41) is 2.72. The number of hydrogen-bond donors (Lipinski definition) is 1. The zero-order chi connectivity index (χ0) is 28.0. The summed E-state index contributed by atoms with van der Waals surface area (Å²) in [7, 11) is 0. The maximum Gasteiger partial charge on any atom is 0.329 e. The maximum atomic E-state index is 14.1. The first-order valence-electron chi connectivity index (χ1n) is 14.0. The molecule has 1 N–H and O–H groups in total. The molecule has 4 aliphatic rings. The highest BCUT2D eigenvalue weighted by Gasteiger charge is 2.63. The molecule has 204 valence electrons. The zero-order valence-corrected chi connectivity index (χ0v) is 22.6. The minimum Gasteiger partial charge on any atom is -0.454 e. The monoisotopic (exact) mass is 536 g/mol. The Hall–Kier alpha value is -4.26. The largest absolute Gasteiger partial charge is 0.454 e. The number of rotatable bonds is 8. The van der Waals surface area contributed by atoms with Gasteiger partial charge in [0.25, 0.3) is 5.91 Å². The predicted molar refractivity (Wildman–Crippen MR) is 149 cm³/mol. The fraction of sp³-hybridized carbons (Fsp3) is 0.333. The van der Waals surface area contributed by atoms with E-state index in [1.54, 1.807) is 6.07 Å². The second-order valence-electron chi connectivity index (χ2n) is 11.0. The van der Waals surface area contributed by atoms with E-state index in [4.69, 9.17) is 4.74 Å². The van der Waals surface area contributed by atoms with E-state index in [1.807, 2.05) is 56.3 Å². The molecule has 1 heterocycles. The highest BCUT2D eigenvalue weighted by atomic mass is 16.5. The summed E-state index contributed by atoms with van der Waals surface area (Å²) in [5.74, 6) is -3.47. The molecule has 0 aromatic heterocycles. The summed E-state index contributed by atoms with van der Waals surface area (Å²) in [6.07, 6.45) is 1.71. The molecule has 40 heavy (non-hydrogen) atoms. The number of anilines is 1. The van der Waals surface area contributed by atoms with Gasteiger partial charge in [-0.15, -0.1) is 0 Å². The normalized spacial score (nSPS) is 22.8. The SMILES string of the molecule is CCCC[C@@H](C(=O)OCC(=O)Nc1cccc(C)c1)N1C(=O)[C@@H]2C3c4ccccc4C(c4ccccc43)[C@@H]2C1=O. The number of ether oxygens (including phenoxy) is 1. The van der Waals surface area contributed by atoms with Crippen molar-refractivity contribution >= 4 is 29.4 Å². The Kier molecular flexibility index (Phi) is 6.74.